The van der Waals surface area contributed by atoms with Crippen molar-refractivity contribution in [3.05, 3.63) is 42.4 Å². The first-order valence-corrected chi connectivity index (χ1v) is 8.19. The molecule has 4 heterocycles. The van der Waals surface area contributed by atoms with Crippen LogP contribution in [-0.4, -0.2) is 52.1 Å². The Hall–Kier alpha value is -1.92. The normalized spacial score (nSPS) is 27.8. The topological polar surface area (TPSA) is 52.4 Å². The second-order valence-corrected chi connectivity index (χ2v) is 6.20. The van der Waals surface area contributed by atoms with Crippen LogP contribution in [0.4, 0.5) is 0 Å². The molecule has 2 aliphatic rings. The van der Waals surface area contributed by atoms with Crippen molar-refractivity contribution in [1.29, 1.82) is 0 Å². The molecule has 0 bridgehead atoms. The first kappa shape index (κ1) is 14.7. The summed E-state index contributed by atoms with van der Waals surface area (Å²) in [6, 6.07) is 6.74. The summed E-state index contributed by atoms with van der Waals surface area (Å²) in [5.74, 6) is 0.711. The lowest BCUT2D eigenvalue weighted by Crippen LogP contribution is -2.40. The van der Waals surface area contributed by atoms with Crippen LogP contribution in [0.25, 0.3) is 0 Å². The Morgan fingerprint density at radius 2 is 2.26 bits per heavy atom. The number of fused-ring (bicyclic) bond motifs is 1. The molecule has 122 valence electrons. The Morgan fingerprint density at radius 3 is 3.09 bits per heavy atom. The molecular formula is C17H22N4O2. The Balaban J connectivity index is 1.58. The van der Waals surface area contributed by atoms with Gasteiger partial charge in [0.2, 0.25) is 5.88 Å². The summed E-state index contributed by atoms with van der Waals surface area (Å²) in [5.41, 5.74) is 1.13. The first-order chi connectivity index (χ1) is 11.4. The molecule has 2 aromatic heterocycles. The van der Waals surface area contributed by atoms with E-state index in [0.29, 0.717) is 11.9 Å². The number of hydrogen-bond donors (Lipinski definition) is 0. The van der Waals surface area contributed by atoms with E-state index in [9.17, 15) is 0 Å². The minimum Gasteiger partial charge on any atom is -0.481 e. The third kappa shape index (κ3) is 2.72. The second kappa shape index (κ2) is 6.29. The molecule has 6 heteroatoms. The largest absolute Gasteiger partial charge is 0.481 e. The van der Waals surface area contributed by atoms with E-state index in [0.717, 1.165) is 31.7 Å². The molecule has 2 fully saturated rings. The Morgan fingerprint density at radius 1 is 1.30 bits per heavy atom. The van der Waals surface area contributed by atoms with Crippen LogP contribution in [0.15, 0.2) is 36.8 Å². The lowest BCUT2D eigenvalue weighted by Gasteiger charge is -2.32. The van der Waals surface area contributed by atoms with Crippen molar-refractivity contribution >= 4 is 0 Å². The molecule has 2 saturated heterocycles. The molecule has 0 spiro atoms. The Kier molecular flexibility index (Phi) is 4.01. The molecule has 2 aromatic rings. The van der Waals surface area contributed by atoms with Crippen molar-refractivity contribution in [2.45, 2.75) is 37.6 Å². The predicted octanol–water partition coefficient (Wildman–Crippen LogP) is 1.89. The highest BCUT2D eigenvalue weighted by molar-refractivity contribution is 5.25. The molecule has 0 aromatic carbocycles. The number of pyridine rings is 1. The molecule has 0 amide bonds. The van der Waals surface area contributed by atoms with Gasteiger partial charge in [0.1, 0.15) is 0 Å². The van der Waals surface area contributed by atoms with E-state index in [1.54, 1.807) is 13.3 Å². The molecule has 3 atom stereocenters. The minimum atomic E-state index is 0.214. The summed E-state index contributed by atoms with van der Waals surface area (Å²) in [7, 11) is 1.68. The molecule has 0 aliphatic carbocycles. The van der Waals surface area contributed by atoms with Crippen molar-refractivity contribution in [2.75, 3.05) is 20.3 Å². The number of aromatic nitrogens is 3. The molecular weight excluding hydrogens is 292 g/mol. The molecule has 0 unspecified atom stereocenters. The Labute approximate surface area is 136 Å². The summed E-state index contributed by atoms with van der Waals surface area (Å²) in [6.45, 7) is 2.62. The van der Waals surface area contributed by atoms with Gasteiger partial charge in [0.25, 0.3) is 0 Å². The van der Waals surface area contributed by atoms with E-state index in [1.165, 1.54) is 6.42 Å². The van der Waals surface area contributed by atoms with Crippen LogP contribution in [0.1, 0.15) is 24.4 Å². The number of nitrogens with zero attached hydrogens (tertiary/aromatic N) is 4. The highest BCUT2D eigenvalue weighted by Gasteiger charge is 2.45. The lowest BCUT2D eigenvalue weighted by molar-refractivity contribution is -0.0282. The SMILES string of the molecule is COc1ncccc1CN1C[C@H](n2cccn2)[C@@H]2OCCC[C@@H]21. The molecule has 4 rings (SSSR count). The van der Waals surface area contributed by atoms with E-state index >= 15 is 0 Å². The van der Waals surface area contributed by atoms with Crippen LogP contribution in [0.5, 0.6) is 5.88 Å². The van der Waals surface area contributed by atoms with Gasteiger partial charge < -0.3 is 9.47 Å². The van der Waals surface area contributed by atoms with Gasteiger partial charge in [-0.2, -0.15) is 5.10 Å². The van der Waals surface area contributed by atoms with Gasteiger partial charge in [-0.05, 0) is 25.0 Å². The summed E-state index contributed by atoms with van der Waals surface area (Å²) in [4.78, 5) is 6.81. The maximum absolute atomic E-state index is 6.11. The van der Waals surface area contributed by atoms with E-state index in [2.05, 4.69) is 21.0 Å². The highest BCUT2D eigenvalue weighted by atomic mass is 16.5. The van der Waals surface area contributed by atoms with Crippen LogP contribution in [-0.2, 0) is 11.3 Å². The molecule has 23 heavy (non-hydrogen) atoms. The fourth-order valence-corrected chi connectivity index (χ4v) is 3.86. The van der Waals surface area contributed by atoms with Gasteiger partial charge in [0, 0.05) is 49.9 Å². The number of likely N-dealkylation sites (tertiary alicyclic amines) is 1. The maximum atomic E-state index is 6.11. The van der Waals surface area contributed by atoms with E-state index in [4.69, 9.17) is 9.47 Å². The molecule has 0 radical (unpaired) electrons. The van der Waals surface area contributed by atoms with Crippen LogP contribution in [0.2, 0.25) is 0 Å². The fourth-order valence-electron chi connectivity index (χ4n) is 3.86. The van der Waals surface area contributed by atoms with Crippen LogP contribution < -0.4 is 4.74 Å². The highest BCUT2D eigenvalue weighted by Crippen LogP contribution is 2.36. The Bertz CT molecular complexity index is 646. The van der Waals surface area contributed by atoms with Gasteiger partial charge in [-0.15, -0.1) is 0 Å². The van der Waals surface area contributed by atoms with Gasteiger partial charge in [0.05, 0.1) is 19.3 Å². The predicted molar refractivity (Wildman–Crippen MR) is 85.2 cm³/mol. The summed E-state index contributed by atoms with van der Waals surface area (Å²) in [5, 5.41) is 4.44. The zero-order chi connectivity index (χ0) is 15.6. The van der Waals surface area contributed by atoms with Crippen molar-refractivity contribution in [2.24, 2.45) is 0 Å². The molecule has 0 saturated carbocycles. The van der Waals surface area contributed by atoms with Gasteiger partial charge in [0.15, 0.2) is 0 Å². The standard InChI is InChI=1S/C17H22N4O2/c1-22-17-13(5-2-7-18-17)11-20-12-15(21-9-4-8-19-21)16-14(20)6-3-10-23-16/h2,4-5,7-9,14-16H,3,6,10-12H2,1H3/t14-,15-,16+/m0/s1. The van der Waals surface area contributed by atoms with Crippen molar-refractivity contribution in [3.8, 4) is 5.88 Å². The number of ether oxygens (including phenoxy) is 2. The third-order valence-electron chi connectivity index (χ3n) is 4.88. The van der Waals surface area contributed by atoms with E-state index in [1.807, 2.05) is 29.2 Å². The monoisotopic (exact) mass is 314 g/mol. The average molecular weight is 314 g/mol. The van der Waals surface area contributed by atoms with Crippen molar-refractivity contribution in [3.63, 3.8) is 0 Å². The lowest BCUT2D eigenvalue weighted by atomic mass is 10.0. The van der Waals surface area contributed by atoms with E-state index in [-0.39, 0.29) is 12.1 Å². The zero-order valence-electron chi connectivity index (χ0n) is 13.3. The third-order valence-corrected chi connectivity index (χ3v) is 4.88. The van der Waals surface area contributed by atoms with Gasteiger partial charge in [-0.3, -0.25) is 9.58 Å². The maximum Gasteiger partial charge on any atom is 0.217 e. The summed E-state index contributed by atoms with van der Waals surface area (Å²) in [6.07, 6.45) is 8.15. The summed E-state index contributed by atoms with van der Waals surface area (Å²) >= 11 is 0. The zero-order valence-corrected chi connectivity index (χ0v) is 13.3. The second-order valence-electron chi connectivity index (χ2n) is 6.20. The number of rotatable bonds is 4. The van der Waals surface area contributed by atoms with Crippen LogP contribution in [0.3, 0.4) is 0 Å². The molecule has 6 nitrogen and oxygen atoms in total. The average Bonchev–Trinajstić information content (AvgIpc) is 3.24. The van der Waals surface area contributed by atoms with Gasteiger partial charge in [-0.25, -0.2) is 4.98 Å². The molecule has 0 N–H and O–H groups in total. The van der Waals surface area contributed by atoms with E-state index < -0.39 is 0 Å². The van der Waals surface area contributed by atoms with Crippen molar-refractivity contribution in [1.82, 2.24) is 19.7 Å². The quantitative estimate of drug-likeness (QED) is 0.862. The minimum absolute atomic E-state index is 0.214. The fraction of sp³-hybridized carbons (Fsp3) is 0.529. The number of methoxy groups -OCH3 is 1. The van der Waals surface area contributed by atoms with Gasteiger partial charge >= 0.3 is 0 Å². The first-order valence-electron chi connectivity index (χ1n) is 8.19. The smallest absolute Gasteiger partial charge is 0.217 e. The summed E-state index contributed by atoms with van der Waals surface area (Å²) < 4.78 is 13.6. The van der Waals surface area contributed by atoms with Crippen LogP contribution in [0, 0.1) is 0 Å². The van der Waals surface area contributed by atoms with Crippen molar-refractivity contribution < 1.29 is 9.47 Å². The molecule has 2 aliphatic heterocycles. The number of hydrogen-bond acceptors (Lipinski definition) is 5. The van der Waals surface area contributed by atoms with Crippen LogP contribution >= 0.6 is 0 Å². The van der Waals surface area contributed by atoms with Gasteiger partial charge in [-0.1, -0.05) is 6.07 Å².